The quantitative estimate of drug-likeness (QED) is 0.733. The molecule has 3 rings (SSSR count). The molecular weight excluding hydrogens is 324 g/mol. The van der Waals surface area contributed by atoms with Gasteiger partial charge in [-0.25, -0.2) is 9.48 Å². The highest BCUT2D eigenvalue weighted by Gasteiger charge is 2.14. The Hall–Kier alpha value is -3.08. The van der Waals surface area contributed by atoms with Crippen molar-refractivity contribution in [2.45, 2.75) is 34.2 Å². The monoisotopic (exact) mass is 348 g/mol. The number of carbonyl (C=O) groups excluding carboxylic acids is 1. The standard InChI is InChI=1S/C21H24N4O/c1-14-10-11-15(2)20(12-14)23-21(26)22-13-19-16(3)24-25(17(19)4)18-8-6-5-7-9-18/h5-12H,13H2,1-4H3,(H2,22,23,26). The summed E-state index contributed by atoms with van der Waals surface area (Å²) in [5.41, 5.74) is 6.97. The number of benzene rings is 2. The molecule has 1 aromatic heterocycles. The minimum atomic E-state index is -0.218. The van der Waals surface area contributed by atoms with E-state index in [0.717, 1.165) is 39.5 Å². The van der Waals surface area contributed by atoms with Crippen LogP contribution >= 0.6 is 0 Å². The zero-order valence-corrected chi connectivity index (χ0v) is 15.6. The summed E-state index contributed by atoms with van der Waals surface area (Å²) in [7, 11) is 0. The second-order valence-electron chi connectivity index (χ2n) is 6.52. The number of nitrogens with one attached hydrogen (secondary N) is 2. The van der Waals surface area contributed by atoms with Crippen LogP contribution in [0.15, 0.2) is 48.5 Å². The van der Waals surface area contributed by atoms with Gasteiger partial charge in [0.1, 0.15) is 0 Å². The molecule has 0 unspecified atom stereocenters. The van der Waals surface area contributed by atoms with E-state index in [1.807, 2.05) is 80.9 Å². The SMILES string of the molecule is Cc1ccc(C)c(NC(=O)NCc2c(C)nn(-c3ccccc3)c2C)c1. The highest BCUT2D eigenvalue weighted by Crippen LogP contribution is 2.18. The summed E-state index contributed by atoms with van der Waals surface area (Å²) in [4.78, 5) is 12.3. The molecule has 0 radical (unpaired) electrons. The first-order valence-corrected chi connectivity index (χ1v) is 8.68. The Labute approximate surface area is 154 Å². The van der Waals surface area contributed by atoms with Crippen molar-refractivity contribution in [1.29, 1.82) is 0 Å². The Morgan fingerprint density at radius 2 is 1.77 bits per heavy atom. The van der Waals surface area contributed by atoms with Crippen LogP contribution in [0.5, 0.6) is 0 Å². The molecule has 0 saturated heterocycles. The predicted molar refractivity (Wildman–Crippen MR) is 105 cm³/mol. The van der Waals surface area contributed by atoms with Crippen molar-refractivity contribution < 1.29 is 4.79 Å². The van der Waals surface area contributed by atoms with Crippen LogP contribution in [-0.2, 0) is 6.54 Å². The number of hydrogen-bond donors (Lipinski definition) is 2. The van der Waals surface area contributed by atoms with Crippen LogP contribution < -0.4 is 10.6 Å². The second kappa shape index (κ2) is 7.44. The van der Waals surface area contributed by atoms with Gasteiger partial charge in [-0.05, 0) is 57.0 Å². The molecule has 0 aliphatic carbocycles. The van der Waals surface area contributed by atoms with Gasteiger partial charge in [0.15, 0.2) is 0 Å². The first kappa shape index (κ1) is 17.7. The van der Waals surface area contributed by atoms with Crippen molar-refractivity contribution in [3.05, 3.63) is 76.6 Å². The molecule has 3 aromatic rings. The zero-order chi connectivity index (χ0) is 18.7. The Morgan fingerprint density at radius 3 is 2.50 bits per heavy atom. The molecule has 2 N–H and O–H groups in total. The van der Waals surface area contributed by atoms with Crippen LogP contribution in [-0.4, -0.2) is 15.8 Å². The van der Waals surface area contributed by atoms with Crippen LogP contribution in [0.3, 0.4) is 0 Å². The predicted octanol–water partition coefficient (Wildman–Crippen LogP) is 4.43. The number of hydrogen-bond acceptors (Lipinski definition) is 2. The maximum Gasteiger partial charge on any atom is 0.319 e. The van der Waals surface area contributed by atoms with E-state index in [-0.39, 0.29) is 6.03 Å². The summed E-state index contributed by atoms with van der Waals surface area (Å²) in [6.45, 7) is 8.40. The maximum absolute atomic E-state index is 12.3. The number of aromatic nitrogens is 2. The molecule has 2 amide bonds. The summed E-state index contributed by atoms with van der Waals surface area (Å²) in [5.74, 6) is 0. The van der Waals surface area contributed by atoms with Crippen molar-refractivity contribution >= 4 is 11.7 Å². The topological polar surface area (TPSA) is 59.0 Å². The Bertz CT molecular complexity index is 929. The molecule has 0 spiro atoms. The minimum Gasteiger partial charge on any atom is -0.334 e. The van der Waals surface area contributed by atoms with Gasteiger partial charge in [0, 0.05) is 23.5 Å². The molecule has 134 valence electrons. The summed E-state index contributed by atoms with van der Waals surface area (Å²) < 4.78 is 1.91. The van der Waals surface area contributed by atoms with E-state index in [1.54, 1.807) is 0 Å². The number of aryl methyl sites for hydroxylation is 3. The highest BCUT2D eigenvalue weighted by atomic mass is 16.2. The van der Waals surface area contributed by atoms with Gasteiger partial charge < -0.3 is 10.6 Å². The van der Waals surface area contributed by atoms with Crippen molar-refractivity contribution in [3.8, 4) is 5.69 Å². The van der Waals surface area contributed by atoms with E-state index in [2.05, 4.69) is 15.7 Å². The highest BCUT2D eigenvalue weighted by molar-refractivity contribution is 5.90. The lowest BCUT2D eigenvalue weighted by molar-refractivity contribution is 0.251. The number of carbonyl (C=O) groups is 1. The largest absolute Gasteiger partial charge is 0.334 e. The Kier molecular flexibility index (Phi) is 5.07. The molecule has 5 nitrogen and oxygen atoms in total. The van der Waals surface area contributed by atoms with Gasteiger partial charge in [-0.2, -0.15) is 5.10 Å². The fourth-order valence-electron chi connectivity index (χ4n) is 2.96. The van der Waals surface area contributed by atoms with Gasteiger partial charge >= 0.3 is 6.03 Å². The summed E-state index contributed by atoms with van der Waals surface area (Å²) in [6.07, 6.45) is 0. The average Bonchev–Trinajstić information content (AvgIpc) is 2.91. The van der Waals surface area contributed by atoms with E-state index >= 15 is 0 Å². The number of amides is 2. The van der Waals surface area contributed by atoms with Crippen LogP contribution in [0, 0.1) is 27.7 Å². The third kappa shape index (κ3) is 3.77. The van der Waals surface area contributed by atoms with Crippen molar-refractivity contribution in [2.75, 3.05) is 5.32 Å². The molecule has 26 heavy (non-hydrogen) atoms. The smallest absolute Gasteiger partial charge is 0.319 e. The number of anilines is 1. The molecule has 0 aliphatic heterocycles. The zero-order valence-electron chi connectivity index (χ0n) is 15.6. The molecule has 5 heteroatoms. The average molecular weight is 348 g/mol. The van der Waals surface area contributed by atoms with Gasteiger partial charge in [0.25, 0.3) is 0 Å². The van der Waals surface area contributed by atoms with Gasteiger partial charge in [-0.1, -0.05) is 30.3 Å². The number of rotatable bonds is 4. The van der Waals surface area contributed by atoms with E-state index in [9.17, 15) is 4.79 Å². The van der Waals surface area contributed by atoms with Crippen molar-refractivity contribution in [2.24, 2.45) is 0 Å². The Balaban J connectivity index is 1.71. The fraction of sp³-hybridized carbons (Fsp3) is 0.238. The minimum absolute atomic E-state index is 0.218. The molecule has 0 atom stereocenters. The van der Waals surface area contributed by atoms with Gasteiger partial charge in [-0.15, -0.1) is 0 Å². The van der Waals surface area contributed by atoms with Crippen LogP contribution in [0.2, 0.25) is 0 Å². The van der Waals surface area contributed by atoms with E-state index < -0.39 is 0 Å². The third-order valence-electron chi connectivity index (χ3n) is 4.51. The number of nitrogens with zero attached hydrogens (tertiary/aromatic N) is 2. The van der Waals surface area contributed by atoms with E-state index in [1.165, 1.54) is 0 Å². The molecule has 0 bridgehead atoms. The molecule has 0 saturated carbocycles. The summed E-state index contributed by atoms with van der Waals surface area (Å²) in [6, 6.07) is 15.8. The first-order valence-electron chi connectivity index (χ1n) is 8.68. The third-order valence-corrected chi connectivity index (χ3v) is 4.51. The molecule has 0 fully saturated rings. The van der Waals surface area contributed by atoms with E-state index in [0.29, 0.717) is 6.54 Å². The maximum atomic E-state index is 12.3. The number of para-hydroxylation sites is 1. The van der Waals surface area contributed by atoms with Crippen LogP contribution in [0.4, 0.5) is 10.5 Å². The number of urea groups is 1. The lowest BCUT2D eigenvalue weighted by atomic mass is 10.1. The van der Waals surface area contributed by atoms with Crippen LogP contribution in [0.1, 0.15) is 28.1 Å². The Morgan fingerprint density at radius 1 is 1.04 bits per heavy atom. The van der Waals surface area contributed by atoms with Crippen LogP contribution in [0.25, 0.3) is 5.69 Å². The van der Waals surface area contributed by atoms with E-state index in [4.69, 9.17) is 0 Å². The lowest BCUT2D eigenvalue weighted by Crippen LogP contribution is -2.28. The molecule has 0 aliphatic rings. The lowest BCUT2D eigenvalue weighted by Gasteiger charge is -2.11. The summed E-state index contributed by atoms with van der Waals surface area (Å²) >= 11 is 0. The molecular formula is C21H24N4O. The van der Waals surface area contributed by atoms with Crippen molar-refractivity contribution in [1.82, 2.24) is 15.1 Å². The van der Waals surface area contributed by atoms with Gasteiger partial charge in [0.05, 0.1) is 11.4 Å². The second-order valence-corrected chi connectivity index (χ2v) is 6.52. The fourth-order valence-corrected chi connectivity index (χ4v) is 2.96. The molecule has 2 aromatic carbocycles. The van der Waals surface area contributed by atoms with Gasteiger partial charge in [-0.3, -0.25) is 0 Å². The first-order chi connectivity index (χ1) is 12.5. The van der Waals surface area contributed by atoms with Crippen molar-refractivity contribution in [3.63, 3.8) is 0 Å². The normalized spacial score (nSPS) is 10.6. The molecule has 1 heterocycles. The van der Waals surface area contributed by atoms with Gasteiger partial charge in [0.2, 0.25) is 0 Å². The summed E-state index contributed by atoms with van der Waals surface area (Å²) in [5, 5.41) is 10.5.